The molecule has 0 amide bonds. The van der Waals surface area contributed by atoms with Crippen LogP contribution in [0.3, 0.4) is 0 Å². The fraction of sp³-hybridized carbons (Fsp3) is 0.900. The van der Waals surface area contributed by atoms with E-state index in [4.69, 9.17) is 4.74 Å². The van der Waals surface area contributed by atoms with Gasteiger partial charge in [-0.3, -0.25) is 0 Å². The first-order valence-electron chi connectivity index (χ1n) is 5.31. The molecule has 1 unspecified atom stereocenters. The Morgan fingerprint density at radius 2 is 2.23 bits per heavy atom. The molecule has 3 nitrogen and oxygen atoms in total. The number of piperidine rings is 1. The van der Waals surface area contributed by atoms with Gasteiger partial charge in [0.05, 0.1) is 6.04 Å². The summed E-state index contributed by atoms with van der Waals surface area (Å²) in [5.41, 5.74) is 0. The summed E-state index contributed by atoms with van der Waals surface area (Å²) in [6.07, 6.45) is 3.49. The second-order valence-electron chi connectivity index (χ2n) is 3.86. The van der Waals surface area contributed by atoms with Crippen molar-refractivity contribution in [1.29, 1.82) is 0 Å². The molecule has 0 aromatic heterocycles. The zero-order chi connectivity index (χ0) is 9.10. The maximum atomic E-state index is 5.62. The Labute approximate surface area is 79.6 Å². The van der Waals surface area contributed by atoms with Crippen LogP contribution < -0.4 is 5.32 Å². The molecule has 0 aliphatic carbocycles. The van der Waals surface area contributed by atoms with Gasteiger partial charge in [0.1, 0.15) is 6.61 Å². The Bertz CT molecular complexity index is 197. The van der Waals surface area contributed by atoms with Gasteiger partial charge < -0.3 is 10.1 Å². The van der Waals surface area contributed by atoms with Gasteiger partial charge in [-0.1, -0.05) is 6.92 Å². The summed E-state index contributed by atoms with van der Waals surface area (Å²) in [7, 11) is 0. The van der Waals surface area contributed by atoms with E-state index in [1.165, 1.54) is 12.8 Å². The molecule has 74 valence electrons. The zero-order valence-electron chi connectivity index (χ0n) is 8.25. The monoisotopic (exact) mass is 182 g/mol. The Hall–Kier alpha value is -0.570. The van der Waals surface area contributed by atoms with Crippen molar-refractivity contribution in [3.63, 3.8) is 0 Å². The predicted octanol–water partition coefficient (Wildman–Crippen LogP) is 1.19. The van der Waals surface area contributed by atoms with Crippen LogP contribution in [0.2, 0.25) is 0 Å². The van der Waals surface area contributed by atoms with Crippen LogP contribution in [0.5, 0.6) is 0 Å². The summed E-state index contributed by atoms with van der Waals surface area (Å²) in [6, 6.07) is 0.435. The first kappa shape index (κ1) is 9.00. The number of hydrogen-bond acceptors (Lipinski definition) is 3. The second kappa shape index (κ2) is 4.09. The zero-order valence-corrected chi connectivity index (χ0v) is 8.25. The van der Waals surface area contributed by atoms with Gasteiger partial charge >= 0.3 is 0 Å². The lowest BCUT2D eigenvalue weighted by atomic mass is 9.98. The van der Waals surface area contributed by atoms with E-state index in [1.54, 1.807) is 0 Å². The number of rotatable bonds is 2. The normalized spacial score (nSPS) is 29.9. The molecule has 1 saturated heterocycles. The topological polar surface area (TPSA) is 33.6 Å². The first-order valence-corrected chi connectivity index (χ1v) is 5.31. The molecule has 1 atom stereocenters. The Balaban J connectivity index is 1.92. The van der Waals surface area contributed by atoms with Gasteiger partial charge in [0, 0.05) is 5.92 Å². The molecule has 1 N–H and O–H groups in total. The molecule has 2 aliphatic heterocycles. The van der Waals surface area contributed by atoms with Crippen molar-refractivity contribution in [3.05, 3.63) is 0 Å². The first-order chi connectivity index (χ1) is 6.40. The van der Waals surface area contributed by atoms with E-state index >= 15 is 0 Å². The maximum absolute atomic E-state index is 5.62. The van der Waals surface area contributed by atoms with E-state index in [1.807, 2.05) is 0 Å². The molecule has 0 spiro atoms. The van der Waals surface area contributed by atoms with Crippen molar-refractivity contribution in [2.75, 3.05) is 19.7 Å². The second-order valence-corrected chi connectivity index (χ2v) is 3.86. The molecule has 2 heterocycles. The summed E-state index contributed by atoms with van der Waals surface area (Å²) in [5.74, 6) is 1.63. The molecule has 1 fully saturated rings. The Morgan fingerprint density at radius 3 is 2.85 bits per heavy atom. The largest absolute Gasteiger partial charge is 0.478 e. The number of nitrogens with zero attached hydrogens (tertiary/aromatic N) is 1. The lowest BCUT2D eigenvalue weighted by Gasteiger charge is -2.21. The van der Waals surface area contributed by atoms with Gasteiger partial charge in [0.15, 0.2) is 5.90 Å². The molecule has 0 radical (unpaired) electrons. The highest BCUT2D eigenvalue weighted by atomic mass is 16.5. The van der Waals surface area contributed by atoms with Crippen molar-refractivity contribution in [2.45, 2.75) is 32.2 Å². The highest BCUT2D eigenvalue weighted by molar-refractivity contribution is 5.80. The van der Waals surface area contributed by atoms with E-state index in [9.17, 15) is 0 Å². The SMILES string of the molecule is CCC1COC(C2CCNCC2)=N1. The molecule has 2 rings (SSSR count). The fourth-order valence-corrected chi connectivity index (χ4v) is 1.94. The summed E-state index contributed by atoms with van der Waals surface area (Å²) in [6.45, 7) is 5.21. The van der Waals surface area contributed by atoms with Crippen LogP contribution in [-0.2, 0) is 4.74 Å². The number of ether oxygens (including phenoxy) is 1. The number of hydrogen-bond donors (Lipinski definition) is 1. The maximum Gasteiger partial charge on any atom is 0.186 e. The van der Waals surface area contributed by atoms with Crippen LogP contribution in [0.1, 0.15) is 26.2 Å². The van der Waals surface area contributed by atoms with Gasteiger partial charge in [-0.25, -0.2) is 4.99 Å². The minimum Gasteiger partial charge on any atom is -0.478 e. The van der Waals surface area contributed by atoms with E-state index in [0.717, 1.165) is 32.0 Å². The summed E-state index contributed by atoms with van der Waals surface area (Å²) in [5, 5.41) is 3.35. The van der Waals surface area contributed by atoms with Crippen molar-refractivity contribution in [1.82, 2.24) is 5.32 Å². The van der Waals surface area contributed by atoms with Crippen LogP contribution in [0.4, 0.5) is 0 Å². The Kier molecular flexibility index (Phi) is 2.83. The quantitative estimate of drug-likeness (QED) is 0.696. The molecular formula is C10H18N2O. The third-order valence-electron chi connectivity index (χ3n) is 2.89. The molecular weight excluding hydrogens is 164 g/mol. The summed E-state index contributed by atoms with van der Waals surface area (Å²) in [4.78, 5) is 4.60. The van der Waals surface area contributed by atoms with E-state index < -0.39 is 0 Å². The van der Waals surface area contributed by atoms with Crippen LogP contribution in [0, 0.1) is 5.92 Å². The van der Waals surface area contributed by atoms with Crippen LogP contribution in [0.15, 0.2) is 4.99 Å². The number of nitrogens with one attached hydrogen (secondary N) is 1. The molecule has 13 heavy (non-hydrogen) atoms. The lowest BCUT2D eigenvalue weighted by Crippen LogP contribution is -2.31. The average Bonchev–Trinajstić information content (AvgIpc) is 2.67. The molecule has 3 heteroatoms. The van der Waals surface area contributed by atoms with Crippen molar-refractivity contribution >= 4 is 5.90 Å². The van der Waals surface area contributed by atoms with Crippen molar-refractivity contribution < 1.29 is 4.74 Å². The standard InChI is InChI=1S/C10H18N2O/c1-2-9-7-13-10(12-9)8-3-5-11-6-4-8/h8-9,11H,2-7H2,1H3. The minimum atomic E-state index is 0.435. The predicted molar refractivity (Wildman–Crippen MR) is 53.1 cm³/mol. The highest BCUT2D eigenvalue weighted by Gasteiger charge is 2.25. The third-order valence-corrected chi connectivity index (χ3v) is 2.89. The van der Waals surface area contributed by atoms with Gasteiger partial charge in [-0.05, 0) is 32.4 Å². The Morgan fingerprint density at radius 1 is 1.46 bits per heavy atom. The van der Waals surface area contributed by atoms with Crippen LogP contribution in [-0.4, -0.2) is 31.6 Å². The average molecular weight is 182 g/mol. The molecule has 0 aromatic carbocycles. The molecule has 0 bridgehead atoms. The lowest BCUT2D eigenvalue weighted by molar-refractivity contribution is 0.282. The van der Waals surface area contributed by atoms with E-state index in [2.05, 4.69) is 17.2 Å². The number of aliphatic imine (C=N–C) groups is 1. The third kappa shape index (κ3) is 2.02. The molecule has 0 aromatic rings. The van der Waals surface area contributed by atoms with Crippen LogP contribution in [0.25, 0.3) is 0 Å². The summed E-state index contributed by atoms with van der Waals surface area (Å²) >= 11 is 0. The molecule has 0 saturated carbocycles. The van der Waals surface area contributed by atoms with Crippen molar-refractivity contribution in [2.24, 2.45) is 10.9 Å². The van der Waals surface area contributed by atoms with Crippen LogP contribution >= 0.6 is 0 Å². The minimum absolute atomic E-state index is 0.435. The van der Waals surface area contributed by atoms with Gasteiger partial charge in [-0.2, -0.15) is 0 Å². The smallest absolute Gasteiger partial charge is 0.186 e. The van der Waals surface area contributed by atoms with E-state index in [0.29, 0.717) is 12.0 Å². The van der Waals surface area contributed by atoms with Crippen molar-refractivity contribution in [3.8, 4) is 0 Å². The van der Waals surface area contributed by atoms with Gasteiger partial charge in [0.25, 0.3) is 0 Å². The van der Waals surface area contributed by atoms with E-state index in [-0.39, 0.29) is 0 Å². The highest BCUT2D eigenvalue weighted by Crippen LogP contribution is 2.20. The summed E-state index contributed by atoms with van der Waals surface area (Å²) < 4.78 is 5.62. The van der Waals surface area contributed by atoms with Gasteiger partial charge in [0.2, 0.25) is 0 Å². The molecule has 2 aliphatic rings. The van der Waals surface area contributed by atoms with Gasteiger partial charge in [-0.15, -0.1) is 0 Å². The fourth-order valence-electron chi connectivity index (χ4n) is 1.94.